The van der Waals surface area contributed by atoms with Crippen LogP contribution >= 0.6 is 15.9 Å². The van der Waals surface area contributed by atoms with E-state index in [-0.39, 0.29) is 11.6 Å². The molecular formula is C17H28BrNO2. The molecule has 0 aliphatic carbocycles. The average molecular weight is 358 g/mol. The first-order valence-corrected chi connectivity index (χ1v) is 8.41. The number of nitrogens with one attached hydrogen (secondary N) is 1. The van der Waals surface area contributed by atoms with Gasteiger partial charge in [0.2, 0.25) is 0 Å². The highest BCUT2D eigenvalue weighted by atomic mass is 79.9. The standard InChI is InChI=1S/C17H28BrNO2/c1-6-10-19-16(17(3,7-2)21-5)12-13-11-14(20-4)8-9-15(13)18/h8-9,11,16,19H,6-7,10,12H2,1-5H3. The van der Waals surface area contributed by atoms with Gasteiger partial charge in [-0.25, -0.2) is 0 Å². The van der Waals surface area contributed by atoms with Crippen molar-refractivity contribution in [2.45, 2.75) is 51.7 Å². The Kier molecular flexibility index (Phi) is 7.71. The summed E-state index contributed by atoms with van der Waals surface area (Å²) in [6.45, 7) is 7.52. The summed E-state index contributed by atoms with van der Waals surface area (Å²) in [6.07, 6.45) is 2.97. The van der Waals surface area contributed by atoms with Crippen LogP contribution in [-0.4, -0.2) is 32.4 Å². The van der Waals surface area contributed by atoms with Gasteiger partial charge in [-0.3, -0.25) is 0 Å². The summed E-state index contributed by atoms with van der Waals surface area (Å²) in [5.41, 5.74) is 1.05. The van der Waals surface area contributed by atoms with Crippen LogP contribution in [0.2, 0.25) is 0 Å². The Morgan fingerprint density at radius 3 is 2.52 bits per heavy atom. The summed E-state index contributed by atoms with van der Waals surface area (Å²) in [4.78, 5) is 0. The highest BCUT2D eigenvalue weighted by Gasteiger charge is 2.32. The Bertz CT molecular complexity index is 433. The van der Waals surface area contributed by atoms with E-state index in [0.717, 1.165) is 36.0 Å². The Balaban J connectivity index is 3.00. The molecule has 0 amide bonds. The average Bonchev–Trinajstić information content (AvgIpc) is 2.52. The van der Waals surface area contributed by atoms with Gasteiger partial charge in [-0.15, -0.1) is 0 Å². The minimum atomic E-state index is -0.183. The van der Waals surface area contributed by atoms with Crippen LogP contribution in [0, 0.1) is 0 Å². The summed E-state index contributed by atoms with van der Waals surface area (Å²) < 4.78 is 12.3. The van der Waals surface area contributed by atoms with E-state index in [0.29, 0.717) is 0 Å². The molecule has 0 aromatic heterocycles. The van der Waals surface area contributed by atoms with E-state index < -0.39 is 0 Å². The van der Waals surface area contributed by atoms with Crippen molar-refractivity contribution < 1.29 is 9.47 Å². The zero-order valence-electron chi connectivity index (χ0n) is 13.8. The molecule has 1 aromatic carbocycles. The number of hydrogen-bond donors (Lipinski definition) is 1. The highest BCUT2D eigenvalue weighted by molar-refractivity contribution is 9.10. The molecule has 0 heterocycles. The molecule has 0 aliphatic rings. The number of rotatable bonds is 9. The topological polar surface area (TPSA) is 30.5 Å². The number of hydrogen-bond acceptors (Lipinski definition) is 3. The van der Waals surface area contributed by atoms with E-state index in [9.17, 15) is 0 Å². The molecule has 0 bridgehead atoms. The summed E-state index contributed by atoms with van der Waals surface area (Å²) >= 11 is 3.64. The van der Waals surface area contributed by atoms with Crippen molar-refractivity contribution in [3.63, 3.8) is 0 Å². The van der Waals surface area contributed by atoms with Crippen LogP contribution < -0.4 is 10.1 Å². The molecule has 0 fully saturated rings. The summed E-state index contributed by atoms with van der Waals surface area (Å²) in [7, 11) is 3.50. The van der Waals surface area contributed by atoms with Gasteiger partial charge in [0.25, 0.3) is 0 Å². The minimum absolute atomic E-state index is 0.183. The first-order chi connectivity index (χ1) is 10.0. The summed E-state index contributed by atoms with van der Waals surface area (Å²) in [6, 6.07) is 6.37. The van der Waals surface area contributed by atoms with E-state index in [1.807, 2.05) is 12.1 Å². The number of halogens is 1. The lowest BCUT2D eigenvalue weighted by Gasteiger charge is -2.37. The highest BCUT2D eigenvalue weighted by Crippen LogP contribution is 2.28. The molecule has 1 rings (SSSR count). The lowest BCUT2D eigenvalue weighted by molar-refractivity contribution is -0.0287. The molecule has 0 spiro atoms. The van der Waals surface area contributed by atoms with E-state index in [2.05, 4.69) is 48.1 Å². The fourth-order valence-electron chi connectivity index (χ4n) is 2.41. The van der Waals surface area contributed by atoms with E-state index in [4.69, 9.17) is 9.47 Å². The number of benzene rings is 1. The van der Waals surface area contributed by atoms with Gasteiger partial charge in [0.05, 0.1) is 12.7 Å². The first kappa shape index (κ1) is 18.5. The fourth-order valence-corrected chi connectivity index (χ4v) is 2.82. The molecule has 0 saturated heterocycles. The van der Waals surface area contributed by atoms with Gasteiger partial charge in [0.1, 0.15) is 5.75 Å². The van der Waals surface area contributed by atoms with Gasteiger partial charge in [0, 0.05) is 17.6 Å². The third-order valence-electron chi connectivity index (χ3n) is 4.22. The minimum Gasteiger partial charge on any atom is -0.497 e. The van der Waals surface area contributed by atoms with Gasteiger partial charge in [0.15, 0.2) is 0 Å². The van der Waals surface area contributed by atoms with Crippen LogP contribution in [0.15, 0.2) is 22.7 Å². The monoisotopic (exact) mass is 357 g/mol. The maximum atomic E-state index is 5.81. The van der Waals surface area contributed by atoms with Crippen LogP contribution in [0.5, 0.6) is 5.75 Å². The van der Waals surface area contributed by atoms with Crippen molar-refractivity contribution >= 4 is 15.9 Å². The van der Waals surface area contributed by atoms with Crippen molar-refractivity contribution in [1.29, 1.82) is 0 Å². The second-order valence-electron chi connectivity index (χ2n) is 5.54. The van der Waals surface area contributed by atoms with Crippen molar-refractivity contribution in [3.8, 4) is 5.75 Å². The van der Waals surface area contributed by atoms with Gasteiger partial charge < -0.3 is 14.8 Å². The smallest absolute Gasteiger partial charge is 0.119 e. The molecule has 1 N–H and O–H groups in total. The van der Waals surface area contributed by atoms with Crippen LogP contribution in [0.25, 0.3) is 0 Å². The molecule has 0 aliphatic heterocycles. The van der Waals surface area contributed by atoms with E-state index in [1.165, 1.54) is 5.56 Å². The largest absolute Gasteiger partial charge is 0.497 e. The maximum Gasteiger partial charge on any atom is 0.119 e. The lowest BCUT2D eigenvalue weighted by atomic mass is 9.88. The number of ether oxygens (including phenoxy) is 2. The Labute approximate surface area is 137 Å². The molecule has 21 heavy (non-hydrogen) atoms. The summed E-state index contributed by atoms with van der Waals surface area (Å²) in [5.74, 6) is 0.887. The molecule has 0 radical (unpaired) electrons. The van der Waals surface area contributed by atoms with Crippen LogP contribution in [0.3, 0.4) is 0 Å². The zero-order valence-corrected chi connectivity index (χ0v) is 15.4. The van der Waals surface area contributed by atoms with Crippen molar-refractivity contribution in [2.24, 2.45) is 0 Å². The fraction of sp³-hybridized carbons (Fsp3) is 0.647. The Hall–Kier alpha value is -0.580. The first-order valence-electron chi connectivity index (χ1n) is 7.61. The van der Waals surface area contributed by atoms with E-state index in [1.54, 1.807) is 14.2 Å². The molecule has 2 atom stereocenters. The molecule has 2 unspecified atom stereocenters. The molecular weight excluding hydrogens is 330 g/mol. The van der Waals surface area contributed by atoms with Gasteiger partial charge in [-0.1, -0.05) is 29.8 Å². The van der Waals surface area contributed by atoms with Crippen LogP contribution in [-0.2, 0) is 11.2 Å². The molecule has 3 nitrogen and oxygen atoms in total. The molecule has 1 aromatic rings. The van der Waals surface area contributed by atoms with Gasteiger partial charge >= 0.3 is 0 Å². The van der Waals surface area contributed by atoms with Crippen molar-refractivity contribution in [1.82, 2.24) is 5.32 Å². The SMILES string of the molecule is CCCNC(Cc1cc(OC)ccc1Br)C(C)(CC)OC. The summed E-state index contributed by atoms with van der Waals surface area (Å²) in [5, 5.41) is 3.64. The van der Waals surface area contributed by atoms with Crippen molar-refractivity contribution in [2.75, 3.05) is 20.8 Å². The second kappa shape index (κ2) is 8.76. The van der Waals surface area contributed by atoms with Crippen molar-refractivity contribution in [3.05, 3.63) is 28.2 Å². The predicted molar refractivity (Wildman–Crippen MR) is 92.2 cm³/mol. The third kappa shape index (κ3) is 4.97. The molecule has 0 saturated carbocycles. The number of methoxy groups -OCH3 is 2. The third-order valence-corrected chi connectivity index (χ3v) is 5.00. The van der Waals surface area contributed by atoms with Gasteiger partial charge in [-0.2, -0.15) is 0 Å². The quantitative estimate of drug-likeness (QED) is 0.718. The zero-order chi connectivity index (χ0) is 15.9. The maximum absolute atomic E-state index is 5.81. The lowest BCUT2D eigenvalue weighted by Crippen LogP contribution is -2.51. The normalized spacial score (nSPS) is 15.5. The van der Waals surface area contributed by atoms with Crippen LogP contribution in [0.1, 0.15) is 39.2 Å². The molecule has 4 heteroatoms. The Morgan fingerprint density at radius 2 is 2.00 bits per heavy atom. The predicted octanol–water partition coefficient (Wildman–Crippen LogP) is 4.18. The Morgan fingerprint density at radius 1 is 1.29 bits per heavy atom. The van der Waals surface area contributed by atoms with E-state index >= 15 is 0 Å². The van der Waals surface area contributed by atoms with Gasteiger partial charge in [-0.05, 0) is 56.5 Å². The van der Waals surface area contributed by atoms with Crippen LogP contribution in [0.4, 0.5) is 0 Å². The second-order valence-corrected chi connectivity index (χ2v) is 6.39. The molecule has 120 valence electrons.